The number of benzene rings is 5. The van der Waals surface area contributed by atoms with Gasteiger partial charge in [-0.1, -0.05) is 97.1 Å². The fraction of sp³-hybridized carbons (Fsp3) is 0.0588. The molecule has 2 heterocycles. The largest absolute Gasteiger partial charge is 0.484 e. The monoisotopic (exact) mass is 461 g/mol. The molecule has 5 aromatic carbocycles. The van der Waals surface area contributed by atoms with Gasteiger partial charge in [0.15, 0.2) is 0 Å². The van der Waals surface area contributed by atoms with E-state index in [1.807, 2.05) is 0 Å². The smallest absolute Gasteiger partial charge is 0.135 e. The number of para-hydroxylation sites is 2. The molecule has 0 amide bonds. The van der Waals surface area contributed by atoms with Gasteiger partial charge < -0.3 is 9.72 Å². The van der Waals surface area contributed by atoms with Gasteiger partial charge in [-0.15, -0.1) is 0 Å². The maximum atomic E-state index is 6.83. The van der Waals surface area contributed by atoms with Crippen LogP contribution in [0.3, 0.4) is 0 Å². The predicted octanol–water partition coefficient (Wildman–Crippen LogP) is 8.64. The number of hydrogen-bond acceptors (Lipinski definition) is 1. The van der Waals surface area contributed by atoms with Crippen LogP contribution in [0.25, 0.3) is 49.3 Å². The van der Waals surface area contributed by atoms with Crippen LogP contribution >= 0.6 is 0 Å². The Bertz CT molecular complexity index is 1890. The Balaban J connectivity index is 1.23. The topological polar surface area (TPSA) is 25.0 Å². The minimum absolute atomic E-state index is 0.0240. The number of rotatable bonds is 2. The molecule has 2 nitrogen and oxygen atoms in total. The van der Waals surface area contributed by atoms with Crippen molar-refractivity contribution in [3.8, 4) is 16.9 Å². The fourth-order valence-corrected chi connectivity index (χ4v) is 6.02. The van der Waals surface area contributed by atoms with Crippen LogP contribution in [-0.4, -0.2) is 11.1 Å². The highest BCUT2D eigenvalue weighted by molar-refractivity contribution is 6.08. The van der Waals surface area contributed by atoms with Crippen LogP contribution in [-0.2, 0) is 0 Å². The summed E-state index contributed by atoms with van der Waals surface area (Å²) in [5.41, 5.74) is 8.39. The first kappa shape index (κ1) is 19.7. The number of aromatic nitrogens is 1. The zero-order valence-electron chi connectivity index (χ0n) is 19.6. The lowest BCUT2D eigenvalue weighted by atomic mass is 9.83. The molecule has 8 rings (SSSR count). The van der Waals surface area contributed by atoms with Crippen molar-refractivity contribution < 1.29 is 4.74 Å². The van der Waals surface area contributed by atoms with E-state index in [9.17, 15) is 0 Å². The molecule has 1 N–H and O–H groups in total. The minimum atomic E-state index is -0.0240. The number of fused-ring (bicyclic) bond motifs is 7. The Kier molecular flexibility index (Phi) is 4.09. The minimum Gasteiger partial charge on any atom is -0.484 e. The average molecular weight is 462 g/mol. The molecule has 0 saturated carbocycles. The van der Waals surface area contributed by atoms with Crippen LogP contribution in [0.4, 0.5) is 0 Å². The van der Waals surface area contributed by atoms with Gasteiger partial charge in [-0.2, -0.15) is 0 Å². The summed E-state index contributed by atoms with van der Waals surface area (Å²) in [5.74, 6) is 1.22. The number of ether oxygens (including phenoxy) is 1. The second-order valence-corrected chi connectivity index (χ2v) is 9.79. The van der Waals surface area contributed by atoms with Crippen LogP contribution < -0.4 is 4.74 Å². The van der Waals surface area contributed by atoms with Gasteiger partial charge in [0, 0.05) is 44.4 Å². The fourth-order valence-electron chi connectivity index (χ4n) is 6.02. The van der Waals surface area contributed by atoms with Crippen molar-refractivity contribution in [3.63, 3.8) is 0 Å². The van der Waals surface area contributed by atoms with Crippen molar-refractivity contribution in [2.45, 2.75) is 12.0 Å². The Labute approximate surface area is 209 Å². The zero-order chi connectivity index (χ0) is 23.6. The van der Waals surface area contributed by atoms with Gasteiger partial charge >= 0.3 is 0 Å². The molecule has 0 saturated heterocycles. The Morgan fingerprint density at radius 2 is 1.47 bits per heavy atom. The number of allylic oxidation sites excluding steroid dienone is 2. The lowest BCUT2D eigenvalue weighted by Crippen LogP contribution is -2.21. The molecule has 0 spiro atoms. The van der Waals surface area contributed by atoms with E-state index in [1.165, 1.54) is 49.3 Å². The first-order valence-electron chi connectivity index (χ1n) is 12.5. The summed E-state index contributed by atoms with van der Waals surface area (Å²) in [4.78, 5) is 3.54. The molecule has 1 aliphatic carbocycles. The number of H-pyrrole nitrogens is 1. The van der Waals surface area contributed by atoms with Crippen molar-refractivity contribution >= 4 is 38.2 Å². The third-order valence-corrected chi connectivity index (χ3v) is 7.78. The molecule has 36 heavy (non-hydrogen) atoms. The van der Waals surface area contributed by atoms with E-state index >= 15 is 0 Å². The summed E-state index contributed by atoms with van der Waals surface area (Å²) in [6.07, 6.45) is 6.67. The standard InChI is InChI=1S/C34H23NO/c1-2-8-22-19-23(16-15-21(22)7-1)25-10-5-12-28-29-13-6-11-26(34(29)36-33(25)28)24-17-18-32-30(20-24)27-9-3-4-14-31(27)35-32/h1-20,28,33,35H. The van der Waals surface area contributed by atoms with Crippen molar-refractivity contribution in [1.29, 1.82) is 0 Å². The first-order valence-corrected chi connectivity index (χ1v) is 12.5. The van der Waals surface area contributed by atoms with Crippen LogP contribution in [0.5, 0.6) is 5.75 Å². The molecule has 0 bridgehead atoms. The molecular formula is C34H23NO. The van der Waals surface area contributed by atoms with Crippen LogP contribution in [0, 0.1) is 0 Å². The summed E-state index contributed by atoms with van der Waals surface area (Å²) in [7, 11) is 0. The van der Waals surface area contributed by atoms with Gasteiger partial charge in [0.05, 0.1) is 0 Å². The molecule has 1 aliphatic heterocycles. The van der Waals surface area contributed by atoms with Crippen LogP contribution in [0.1, 0.15) is 17.0 Å². The maximum absolute atomic E-state index is 6.83. The summed E-state index contributed by atoms with van der Waals surface area (Å²) >= 11 is 0. The second kappa shape index (κ2) is 7.47. The van der Waals surface area contributed by atoms with E-state index in [-0.39, 0.29) is 12.0 Å². The Hall–Kier alpha value is -4.56. The van der Waals surface area contributed by atoms with Crippen molar-refractivity contribution in [1.82, 2.24) is 4.98 Å². The number of aromatic amines is 1. The predicted molar refractivity (Wildman–Crippen MR) is 149 cm³/mol. The van der Waals surface area contributed by atoms with E-state index in [1.54, 1.807) is 0 Å². The Morgan fingerprint density at radius 1 is 0.639 bits per heavy atom. The van der Waals surface area contributed by atoms with Crippen LogP contribution in [0.2, 0.25) is 0 Å². The SMILES string of the molecule is C1=CC2c3cccc(-c4ccc5[nH]c6ccccc6c5c4)c3OC2C(c2ccc3ccccc3c2)=C1. The molecule has 2 unspecified atom stereocenters. The van der Waals surface area contributed by atoms with Crippen molar-refractivity contribution in [2.75, 3.05) is 0 Å². The highest BCUT2D eigenvalue weighted by Crippen LogP contribution is 2.50. The molecule has 1 aromatic heterocycles. The number of nitrogens with one attached hydrogen (secondary N) is 1. The molecule has 2 heteroatoms. The van der Waals surface area contributed by atoms with Gasteiger partial charge in [-0.05, 0) is 46.2 Å². The molecular weight excluding hydrogens is 438 g/mol. The molecule has 6 aromatic rings. The first-order chi connectivity index (χ1) is 17.8. The van der Waals surface area contributed by atoms with E-state index in [0.29, 0.717) is 0 Å². The van der Waals surface area contributed by atoms with Gasteiger partial charge in [0.1, 0.15) is 11.9 Å². The zero-order valence-corrected chi connectivity index (χ0v) is 19.6. The third-order valence-electron chi connectivity index (χ3n) is 7.78. The van der Waals surface area contributed by atoms with Crippen molar-refractivity contribution in [3.05, 3.63) is 132 Å². The maximum Gasteiger partial charge on any atom is 0.135 e. The molecule has 0 fully saturated rings. The summed E-state index contributed by atoms with van der Waals surface area (Å²) in [6, 6.07) is 37.0. The van der Waals surface area contributed by atoms with E-state index in [0.717, 1.165) is 16.8 Å². The molecule has 2 atom stereocenters. The van der Waals surface area contributed by atoms with Gasteiger partial charge in [0.25, 0.3) is 0 Å². The average Bonchev–Trinajstić information content (AvgIpc) is 3.51. The highest BCUT2D eigenvalue weighted by Gasteiger charge is 2.38. The number of hydrogen-bond donors (Lipinski definition) is 1. The summed E-state index contributed by atoms with van der Waals surface area (Å²) in [5, 5.41) is 5.01. The van der Waals surface area contributed by atoms with E-state index in [2.05, 4.69) is 126 Å². The summed E-state index contributed by atoms with van der Waals surface area (Å²) in [6.45, 7) is 0. The summed E-state index contributed by atoms with van der Waals surface area (Å²) < 4.78 is 6.83. The highest BCUT2D eigenvalue weighted by atomic mass is 16.5. The van der Waals surface area contributed by atoms with Gasteiger partial charge in [0.2, 0.25) is 0 Å². The van der Waals surface area contributed by atoms with Crippen molar-refractivity contribution in [2.24, 2.45) is 0 Å². The van der Waals surface area contributed by atoms with Gasteiger partial charge in [-0.25, -0.2) is 0 Å². The van der Waals surface area contributed by atoms with E-state index < -0.39 is 0 Å². The normalized spacial score (nSPS) is 18.3. The lowest BCUT2D eigenvalue weighted by Gasteiger charge is -2.23. The van der Waals surface area contributed by atoms with Gasteiger partial charge in [-0.3, -0.25) is 0 Å². The molecule has 2 aliphatic rings. The molecule has 0 radical (unpaired) electrons. The Morgan fingerprint density at radius 3 is 2.44 bits per heavy atom. The second-order valence-electron chi connectivity index (χ2n) is 9.79. The quantitative estimate of drug-likeness (QED) is 0.274. The lowest BCUT2D eigenvalue weighted by molar-refractivity contribution is 0.279. The molecule has 170 valence electrons. The third kappa shape index (κ3) is 2.85. The van der Waals surface area contributed by atoms with E-state index in [4.69, 9.17) is 4.74 Å². The van der Waals surface area contributed by atoms with Crippen LogP contribution in [0.15, 0.2) is 121 Å².